The molecular formula is C104H73N3O2SSi. The number of hydrogen-bond acceptors (Lipinski definition) is 3. The van der Waals surface area contributed by atoms with Gasteiger partial charge in [0.2, 0.25) is 0 Å². The van der Waals surface area contributed by atoms with Crippen molar-refractivity contribution in [1.29, 1.82) is 0 Å². The summed E-state index contributed by atoms with van der Waals surface area (Å²) >= 11 is 1.90. The molecule has 23 aromatic rings. The minimum atomic E-state index is -2.85. The lowest BCUT2D eigenvalue weighted by Crippen LogP contribution is -2.74. The molecule has 0 saturated carbocycles. The molecule has 23 rings (SSSR count). The lowest BCUT2D eigenvalue weighted by Gasteiger charge is -2.35. The van der Waals surface area contributed by atoms with E-state index in [0.29, 0.717) is 0 Å². The quantitative estimate of drug-likeness (QED) is 0.101. The molecule has 0 aliphatic carbocycles. The van der Waals surface area contributed by atoms with E-state index in [-0.39, 0.29) is 14.9 Å². The van der Waals surface area contributed by atoms with Crippen LogP contribution in [0.5, 0.6) is 0 Å². The third kappa shape index (κ3) is 10.6. The first-order valence-electron chi connectivity index (χ1n) is 37.3. The van der Waals surface area contributed by atoms with Gasteiger partial charge in [-0.25, -0.2) is 0 Å². The maximum Gasteiger partial charge on any atom is 0.179 e. The van der Waals surface area contributed by atoms with Gasteiger partial charge in [-0.15, -0.1) is 11.3 Å². The first kappa shape index (κ1) is 66.6. The number of nitrogens with zero attached hydrogens (tertiary/aromatic N) is 3. The van der Waals surface area contributed by atoms with Crippen molar-refractivity contribution in [2.45, 2.75) is 14.9 Å². The van der Waals surface area contributed by atoms with Gasteiger partial charge < -0.3 is 22.5 Å². The zero-order valence-electron chi connectivity index (χ0n) is 59.1. The lowest BCUT2D eigenvalue weighted by molar-refractivity contribution is 0.668. The lowest BCUT2D eigenvalue weighted by atomic mass is 9.97. The smallest absolute Gasteiger partial charge is 0.179 e. The zero-order chi connectivity index (χ0) is 71.7. The number of fused-ring (bicyclic) bond motifs is 18. The van der Waals surface area contributed by atoms with Crippen LogP contribution in [0.4, 0.5) is 0 Å². The molecular weight excluding hydrogens is 1380 g/mol. The second-order valence-corrected chi connectivity index (χ2v) is 33.4. The molecule has 7 heteroatoms. The number of aromatic nitrogens is 3. The number of furan rings is 2. The topological polar surface area (TPSA) is 41.1 Å². The van der Waals surface area contributed by atoms with E-state index in [1.807, 2.05) is 11.3 Å². The minimum Gasteiger partial charge on any atom is -0.456 e. The fourth-order valence-corrected chi connectivity index (χ4v) is 23.8. The second-order valence-electron chi connectivity index (χ2n) is 28.6. The molecule has 0 aliphatic rings. The van der Waals surface area contributed by atoms with Gasteiger partial charge in [-0.1, -0.05) is 288 Å². The Kier molecular flexibility index (Phi) is 16.1. The number of rotatable bonds is 10. The van der Waals surface area contributed by atoms with Crippen molar-refractivity contribution >= 4 is 170 Å². The van der Waals surface area contributed by atoms with Crippen LogP contribution >= 0.6 is 11.3 Å². The summed E-state index contributed by atoms with van der Waals surface area (Å²) in [4.78, 5) is 0. The van der Waals surface area contributed by atoms with E-state index in [9.17, 15) is 0 Å². The Hall–Kier alpha value is -13.8. The fourth-order valence-electron chi connectivity index (χ4n) is 17.8. The van der Waals surface area contributed by atoms with Crippen LogP contribution < -0.4 is 20.7 Å². The van der Waals surface area contributed by atoms with Crippen LogP contribution in [-0.4, -0.2) is 21.8 Å². The zero-order valence-corrected chi connectivity index (χ0v) is 60.9. The van der Waals surface area contributed by atoms with Crippen molar-refractivity contribution < 1.29 is 8.83 Å². The van der Waals surface area contributed by atoms with E-state index < -0.39 is 8.07 Å². The highest BCUT2D eigenvalue weighted by Gasteiger charge is 2.42. The highest BCUT2D eigenvalue weighted by atomic mass is 32.1. The average Bonchev–Trinajstić information content (AvgIpc) is 1.45. The van der Waals surface area contributed by atoms with Crippen LogP contribution in [0, 0.1) is 0 Å². The SMILES string of the molecule is C.C.c1cc(-c2ccc3oc4ccc(-n5c6ccccc6c6ccccc65)cc4c3c2)cc(-c2ccc3oc4ccc(-n5c6ccccc6c6ccccc65)cc4c3c2)c1.c1ccc([Si](c2ccccc2)(c2cccc(-c3cccc4c3sc3ccccc34)c2)c2cccc(-n3c4ccccc4c4ccccc43)c2)cc1. The maximum absolute atomic E-state index is 6.41. The molecule has 526 valence electrons. The fraction of sp³-hybridized carbons (Fsp3) is 0.0192. The Balaban J connectivity index is 0.000000144. The summed E-state index contributed by atoms with van der Waals surface area (Å²) in [6.07, 6.45) is 0. The average molecular weight is 1460 g/mol. The summed E-state index contributed by atoms with van der Waals surface area (Å²) in [5.74, 6) is 0. The van der Waals surface area contributed by atoms with Gasteiger partial charge in [0, 0.05) is 91.1 Å². The first-order chi connectivity index (χ1) is 54.0. The van der Waals surface area contributed by atoms with Gasteiger partial charge in [-0.2, -0.15) is 0 Å². The standard InChI is InChI=1S/C54H32N2O2.C48H33NSSi.2CH4/c1-5-16-47-39(12-1)40-13-2-6-17-48(40)55(47)37-22-26-53-45(31-37)43-29-35(20-24-51(43)57-53)33-10-9-11-34(28-33)36-21-25-52-44(30-36)46-32-38(23-27-54(46)58-52)56-49-18-7-3-14-41(49)42-15-4-8-19-50(42)56;1-3-18-36(19-4-1)51(37-20-5-2-6-21-37,38-22-13-16-34(32-38)40-27-15-28-44-43-26-9-12-31-47(43)50-48(40)44)39-23-14-17-35(33-39)49-45-29-10-7-24-41(45)42-25-8-11-30-46(42)49;;/h1-32H;1-33H;2*1H4. The van der Waals surface area contributed by atoms with Gasteiger partial charge in [-0.05, 0) is 175 Å². The van der Waals surface area contributed by atoms with Crippen LogP contribution in [0.3, 0.4) is 0 Å². The molecule has 0 saturated heterocycles. The van der Waals surface area contributed by atoms with Gasteiger partial charge in [0.15, 0.2) is 8.07 Å². The Morgan fingerprint density at radius 2 is 0.532 bits per heavy atom. The molecule has 5 nitrogen and oxygen atoms in total. The molecule has 6 aromatic heterocycles. The van der Waals surface area contributed by atoms with Crippen LogP contribution in [-0.2, 0) is 0 Å². The molecule has 0 atom stereocenters. The van der Waals surface area contributed by atoms with E-state index in [0.717, 1.165) is 77.5 Å². The van der Waals surface area contributed by atoms with Crippen LogP contribution in [0.2, 0.25) is 0 Å². The van der Waals surface area contributed by atoms with Crippen LogP contribution in [0.1, 0.15) is 14.9 Å². The highest BCUT2D eigenvalue weighted by Crippen LogP contribution is 2.43. The van der Waals surface area contributed by atoms with Crippen molar-refractivity contribution in [1.82, 2.24) is 13.7 Å². The molecule has 0 amide bonds. The van der Waals surface area contributed by atoms with Gasteiger partial charge in [0.05, 0.1) is 33.1 Å². The molecule has 0 unspecified atom stereocenters. The monoisotopic (exact) mass is 1460 g/mol. The summed E-state index contributed by atoms with van der Waals surface area (Å²) in [5, 5.41) is 20.1. The molecule has 0 fully saturated rings. The summed E-state index contributed by atoms with van der Waals surface area (Å²) < 4.78 is 22.7. The van der Waals surface area contributed by atoms with E-state index in [1.54, 1.807) is 0 Å². The summed E-state index contributed by atoms with van der Waals surface area (Å²) in [5.41, 5.74) is 21.3. The molecule has 0 aliphatic heterocycles. The van der Waals surface area contributed by atoms with Gasteiger partial charge in [0.1, 0.15) is 22.3 Å². The van der Waals surface area contributed by atoms with Crippen molar-refractivity contribution in [3.63, 3.8) is 0 Å². The van der Waals surface area contributed by atoms with Crippen molar-refractivity contribution in [2.24, 2.45) is 0 Å². The Bertz CT molecular complexity index is 7130. The van der Waals surface area contributed by atoms with Gasteiger partial charge in [0.25, 0.3) is 0 Å². The molecule has 0 N–H and O–H groups in total. The minimum absolute atomic E-state index is 0. The normalized spacial score (nSPS) is 11.8. The van der Waals surface area contributed by atoms with Crippen molar-refractivity contribution in [3.05, 3.63) is 394 Å². The summed E-state index contributed by atoms with van der Waals surface area (Å²) in [6.45, 7) is 0. The summed E-state index contributed by atoms with van der Waals surface area (Å²) in [7, 11) is -2.85. The van der Waals surface area contributed by atoms with E-state index in [1.165, 1.54) is 123 Å². The van der Waals surface area contributed by atoms with Crippen molar-refractivity contribution in [2.75, 3.05) is 0 Å². The predicted octanol–water partition coefficient (Wildman–Crippen LogP) is 26.5. The van der Waals surface area contributed by atoms with Crippen LogP contribution in [0.15, 0.2) is 403 Å². The molecule has 17 aromatic carbocycles. The number of thiophene rings is 1. The Labute approximate surface area is 647 Å². The van der Waals surface area contributed by atoms with E-state index >= 15 is 0 Å². The number of benzene rings is 17. The Morgan fingerprint density at radius 1 is 0.207 bits per heavy atom. The molecule has 6 heterocycles. The third-order valence-corrected chi connectivity index (χ3v) is 28.6. The summed E-state index contributed by atoms with van der Waals surface area (Å²) in [6, 6.07) is 144. The number of para-hydroxylation sites is 6. The first-order valence-corrected chi connectivity index (χ1v) is 40.1. The maximum atomic E-state index is 6.41. The molecule has 0 spiro atoms. The highest BCUT2D eigenvalue weighted by molar-refractivity contribution is 7.26. The van der Waals surface area contributed by atoms with Gasteiger partial charge >= 0.3 is 0 Å². The Morgan fingerprint density at radius 3 is 0.991 bits per heavy atom. The molecule has 0 radical (unpaired) electrons. The molecule has 0 bridgehead atoms. The third-order valence-electron chi connectivity index (χ3n) is 22.7. The van der Waals surface area contributed by atoms with Gasteiger partial charge in [-0.3, -0.25) is 0 Å². The van der Waals surface area contributed by atoms with Crippen molar-refractivity contribution in [3.8, 4) is 50.4 Å². The largest absolute Gasteiger partial charge is 0.456 e. The van der Waals surface area contributed by atoms with Crippen LogP contribution in [0.25, 0.3) is 180 Å². The van der Waals surface area contributed by atoms with E-state index in [4.69, 9.17) is 8.83 Å². The molecule has 111 heavy (non-hydrogen) atoms. The van der Waals surface area contributed by atoms with E-state index in [2.05, 4.69) is 408 Å². The predicted molar refractivity (Wildman–Crippen MR) is 477 cm³/mol. The number of hydrogen-bond donors (Lipinski definition) is 0. The second kappa shape index (κ2) is 26.8.